The molecule has 1 atom stereocenters. The van der Waals surface area contributed by atoms with Gasteiger partial charge in [0.05, 0.1) is 18.9 Å². The Kier molecular flexibility index (Phi) is 4.98. The van der Waals surface area contributed by atoms with Crippen molar-refractivity contribution in [3.8, 4) is 0 Å². The van der Waals surface area contributed by atoms with Gasteiger partial charge in [-0.15, -0.1) is 0 Å². The van der Waals surface area contributed by atoms with E-state index in [-0.39, 0.29) is 12.6 Å². The van der Waals surface area contributed by atoms with Gasteiger partial charge in [-0.05, 0) is 27.2 Å². The topological polar surface area (TPSA) is 72.9 Å². The summed E-state index contributed by atoms with van der Waals surface area (Å²) in [4.78, 5) is 13.5. The second-order valence-corrected chi connectivity index (χ2v) is 7.09. The van der Waals surface area contributed by atoms with E-state index in [1.54, 1.807) is 25.7 Å². The summed E-state index contributed by atoms with van der Waals surface area (Å²) in [6.07, 6.45) is 4.73. The Bertz CT molecular complexity index is 449. The van der Waals surface area contributed by atoms with Gasteiger partial charge in [-0.3, -0.25) is 9.08 Å². The van der Waals surface area contributed by atoms with Crippen LogP contribution in [0.25, 0.3) is 0 Å². The van der Waals surface area contributed by atoms with Crippen LogP contribution in [-0.2, 0) is 19.0 Å². The highest BCUT2D eigenvalue weighted by Gasteiger charge is 2.29. The standard InChI is InChI=1S/C12H21NO5S/c1-12(2,3)18-11(14)13-8-5-6-10(13)7-9-17-19(4,15)16/h5-6,10H,7-9H2,1-4H3. The Morgan fingerprint density at radius 2 is 2.05 bits per heavy atom. The summed E-state index contributed by atoms with van der Waals surface area (Å²) in [6.45, 7) is 5.92. The van der Waals surface area contributed by atoms with Crippen molar-refractivity contribution in [2.45, 2.75) is 38.8 Å². The SMILES string of the molecule is CC(C)(C)OC(=O)N1CC=CC1CCOS(C)(=O)=O. The lowest BCUT2D eigenvalue weighted by molar-refractivity contribution is 0.0230. The lowest BCUT2D eigenvalue weighted by Crippen LogP contribution is -2.40. The first-order valence-corrected chi connectivity index (χ1v) is 7.91. The van der Waals surface area contributed by atoms with E-state index in [1.165, 1.54) is 0 Å². The molecule has 0 saturated carbocycles. The van der Waals surface area contributed by atoms with E-state index >= 15 is 0 Å². The van der Waals surface area contributed by atoms with Crippen LogP contribution in [-0.4, -0.2) is 50.5 Å². The Labute approximate surface area is 114 Å². The van der Waals surface area contributed by atoms with Gasteiger partial charge in [0.25, 0.3) is 10.1 Å². The van der Waals surface area contributed by atoms with Crippen molar-refractivity contribution in [1.29, 1.82) is 0 Å². The predicted molar refractivity (Wildman–Crippen MR) is 71.3 cm³/mol. The van der Waals surface area contributed by atoms with Crippen LogP contribution in [0.1, 0.15) is 27.2 Å². The number of nitrogens with zero attached hydrogens (tertiary/aromatic N) is 1. The average Bonchev–Trinajstić information content (AvgIpc) is 2.61. The number of ether oxygens (including phenoxy) is 1. The molecule has 1 heterocycles. The van der Waals surface area contributed by atoms with E-state index in [0.29, 0.717) is 13.0 Å². The second kappa shape index (κ2) is 5.92. The lowest BCUT2D eigenvalue weighted by atomic mass is 10.2. The fourth-order valence-electron chi connectivity index (χ4n) is 1.67. The maximum Gasteiger partial charge on any atom is 0.411 e. The van der Waals surface area contributed by atoms with Crippen LogP contribution >= 0.6 is 0 Å². The molecular weight excluding hydrogens is 270 g/mol. The summed E-state index contributed by atoms with van der Waals surface area (Å²) in [5.74, 6) is 0. The third-order valence-electron chi connectivity index (χ3n) is 2.40. The van der Waals surface area contributed by atoms with Gasteiger partial charge < -0.3 is 4.74 Å². The van der Waals surface area contributed by atoms with Crippen molar-refractivity contribution in [3.05, 3.63) is 12.2 Å². The first-order chi connectivity index (χ1) is 8.58. The number of hydrogen-bond donors (Lipinski definition) is 0. The molecule has 7 heteroatoms. The van der Waals surface area contributed by atoms with Gasteiger partial charge in [0.1, 0.15) is 5.60 Å². The predicted octanol–water partition coefficient (Wildman–Crippen LogP) is 1.53. The van der Waals surface area contributed by atoms with Crippen molar-refractivity contribution in [2.75, 3.05) is 19.4 Å². The highest BCUT2D eigenvalue weighted by atomic mass is 32.2. The average molecular weight is 291 g/mol. The molecule has 1 aliphatic rings. The van der Waals surface area contributed by atoms with Crippen LogP contribution in [0.2, 0.25) is 0 Å². The molecule has 0 aromatic carbocycles. The maximum atomic E-state index is 11.9. The third kappa shape index (κ3) is 6.07. The van der Waals surface area contributed by atoms with Gasteiger partial charge in [-0.1, -0.05) is 12.2 Å². The van der Waals surface area contributed by atoms with Crippen molar-refractivity contribution in [3.63, 3.8) is 0 Å². The quantitative estimate of drug-likeness (QED) is 0.580. The molecule has 0 aromatic heterocycles. The summed E-state index contributed by atoms with van der Waals surface area (Å²) < 4.78 is 31.7. The monoisotopic (exact) mass is 291 g/mol. The first-order valence-electron chi connectivity index (χ1n) is 6.09. The number of carbonyl (C=O) groups excluding carboxylic acids is 1. The molecule has 19 heavy (non-hydrogen) atoms. The molecule has 0 radical (unpaired) electrons. The molecule has 0 aromatic rings. The smallest absolute Gasteiger partial charge is 0.411 e. The summed E-state index contributed by atoms with van der Waals surface area (Å²) in [5.41, 5.74) is -0.548. The number of hydrogen-bond acceptors (Lipinski definition) is 5. The van der Waals surface area contributed by atoms with E-state index in [0.717, 1.165) is 6.26 Å². The number of amides is 1. The molecule has 1 unspecified atom stereocenters. The molecular formula is C12H21NO5S. The summed E-state index contributed by atoms with van der Waals surface area (Å²) in [6, 6.07) is -0.184. The molecule has 110 valence electrons. The summed E-state index contributed by atoms with van der Waals surface area (Å²) >= 11 is 0. The van der Waals surface area contributed by atoms with Gasteiger partial charge in [0, 0.05) is 6.54 Å². The first kappa shape index (κ1) is 16.0. The minimum absolute atomic E-state index is 0.0487. The minimum Gasteiger partial charge on any atom is -0.444 e. The molecule has 0 N–H and O–H groups in total. The van der Waals surface area contributed by atoms with Gasteiger partial charge in [-0.25, -0.2) is 4.79 Å². The van der Waals surface area contributed by atoms with Gasteiger partial charge >= 0.3 is 6.09 Å². The van der Waals surface area contributed by atoms with E-state index in [4.69, 9.17) is 4.74 Å². The Morgan fingerprint density at radius 1 is 1.42 bits per heavy atom. The van der Waals surface area contributed by atoms with Gasteiger partial charge in [0.15, 0.2) is 0 Å². The van der Waals surface area contributed by atoms with E-state index in [2.05, 4.69) is 4.18 Å². The van der Waals surface area contributed by atoms with E-state index in [1.807, 2.05) is 12.2 Å². The Hall–Kier alpha value is -1.08. The Balaban J connectivity index is 2.49. The van der Waals surface area contributed by atoms with Gasteiger partial charge in [0.2, 0.25) is 0 Å². The van der Waals surface area contributed by atoms with E-state index in [9.17, 15) is 13.2 Å². The zero-order valence-corrected chi connectivity index (χ0v) is 12.6. The highest BCUT2D eigenvalue weighted by molar-refractivity contribution is 7.85. The maximum absolute atomic E-state index is 11.9. The molecule has 0 bridgehead atoms. The molecule has 1 amide bonds. The second-order valence-electron chi connectivity index (χ2n) is 5.44. The Morgan fingerprint density at radius 3 is 2.58 bits per heavy atom. The van der Waals surface area contributed by atoms with Crippen molar-refractivity contribution in [2.24, 2.45) is 0 Å². The molecule has 1 rings (SSSR count). The molecule has 0 fully saturated rings. The molecule has 0 aliphatic carbocycles. The highest BCUT2D eigenvalue weighted by Crippen LogP contribution is 2.18. The van der Waals surface area contributed by atoms with E-state index < -0.39 is 21.8 Å². The van der Waals surface area contributed by atoms with Gasteiger partial charge in [-0.2, -0.15) is 8.42 Å². The van der Waals surface area contributed by atoms with Crippen LogP contribution in [0, 0.1) is 0 Å². The van der Waals surface area contributed by atoms with Crippen LogP contribution in [0.3, 0.4) is 0 Å². The largest absolute Gasteiger partial charge is 0.444 e. The third-order valence-corrected chi connectivity index (χ3v) is 2.99. The molecule has 1 aliphatic heterocycles. The number of carbonyl (C=O) groups is 1. The van der Waals surface area contributed by atoms with Crippen LogP contribution in [0.15, 0.2) is 12.2 Å². The van der Waals surface area contributed by atoms with Crippen molar-refractivity contribution < 1.29 is 22.1 Å². The summed E-state index contributed by atoms with van der Waals surface area (Å²) in [5, 5.41) is 0. The number of rotatable bonds is 4. The molecule has 6 nitrogen and oxygen atoms in total. The zero-order valence-electron chi connectivity index (χ0n) is 11.8. The van der Waals surface area contributed by atoms with Crippen molar-refractivity contribution in [1.82, 2.24) is 4.90 Å². The minimum atomic E-state index is -3.44. The normalized spacial score (nSPS) is 19.8. The summed E-state index contributed by atoms with van der Waals surface area (Å²) in [7, 11) is -3.44. The van der Waals surface area contributed by atoms with Crippen LogP contribution in [0.5, 0.6) is 0 Å². The zero-order chi connectivity index (χ0) is 14.7. The van der Waals surface area contributed by atoms with Crippen molar-refractivity contribution >= 4 is 16.2 Å². The molecule has 0 saturated heterocycles. The fraction of sp³-hybridized carbons (Fsp3) is 0.750. The van der Waals surface area contributed by atoms with Crippen LogP contribution < -0.4 is 0 Å². The van der Waals surface area contributed by atoms with Crippen LogP contribution in [0.4, 0.5) is 4.79 Å². The fourth-order valence-corrected chi connectivity index (χ4v) is 2.07. The molecule has 0 spiro atoms. The lowest BCUT2D eigenvalue weighted by Gasteiger charge is -2.28.